The second-order valence-electron chi connectivity index (χ2n) is 12.0. The van der Waals surface area contributed by atoms with E-state index in [1.807, 2.05) is 33.3 Å². The van der Waals surface area contributed by atoms with Crippen molar-refractivity contribution in [3.63, 3.8) is 0 Å². The van der Waals surface area contributed by atoms with E-state index in [0.717, 1.165) is 57.8 Å². The molecule has 46 heavy (non-hydrogen) atoms. The lowest BCUT2D eigenvalue weighted by molar-refractivity contribution is -0.887. The summed E-state index contributed by atoms with van der Waals surface area (Å²) in [5.74, 6) is -1.62. The van der Waals surface area contributed by atoms with E-state index in [1.165, 1.54) is 0 Å². The lowest BCUT2D eigenvalue weighted by Crippen LogP contribution is -2.50. The average Bonchev–Trinajstić information content (AvgIpc) is 3.00. The van der Waals surface area contributed by atoms with Gasteiger partial charge in [-0.3, -0.25) is 9.59 Å². The number of aliphatic carboxylic acids is 1. The maximum Gasteiger partial charge on any atom is 0.362 e. The molecule has 0 amide bonds. The monoisotopic (exact) mass is 644 g/mol. The van der Waals surface area contributed by atoms with Crippen LogP contribution in [0.2, 0.25) is 0 Å². The van der Waals surface area contributed by atoms with Crippen LogP contribution in [0.5, 0.6) is 0 Å². The van der Waals surface area contributed by atoms with Gasteiger partial charge in [0.05, 0.1) is 34.4 Å². The number of esters is 2. The van der Waals surface area contributed by atoms with Crippen LogP contribution in [0.15, 0.2) is 72.9 Å². The first kappa shape index (κ1) is 42.8. The predicted molar refractivity (Wildman–Crippen MR) is 187 cm³/mol. The molecule has 0 spiro atoms. The summed E-state index contributed by atoms with van der Waals surface area (Å²) >= 11 is 0. The molecule has 1 N–H and O–H groups in total. The third-order valence-corrected chi connectivity index (χ3v) is 6.88. The molecule has 0 saturated heterocycles. The van der Waals surface area contributed by atoms with Crippen molar-refractivity contribution in [1.82, 2.24) is 0 Å². The van der Waals surface area contributed by atoms with E-state index in [2.05, 4.69) is 74.6 Å². The molecule has 0 saturated carbocycles. The Bertz CT molecular complexity index is 985. The van der Waals surface area contributed by atoms with Gasteiger partial charge in [-0.2, -0.15) is 0 Å². The van der Waals surface area contributed by atoms with E-state index in [-0.39, 0.29) is 36.7 Å². The number of hydrogen-bond donors (Lipinski definition) is 1. The van der Waals surface area contributed by atoms with Gasteiger partial charge in [-0.15, -0.1) is 0 Å². The highest BCUT2D eigenvalue weighted by molar-refractivity contribution is 5.72. The number of ether oxygens (including phenoxy) is 3. The molecule has 0 heterocycles. The van der Waals surface area contributed by atoms with Gasteiger partial charge in [0, 0.05) is 19.3 Å². The van der Waals surface area contributed by atoms with Crippen molar-refractivity contribution in [3.05, 3.63) is 72.9 Å². The van der Waals surface area contributed by atoms with Crippen molar-refractivity contribution >= 4 is 17.9 Å². The molecule has 0 fully saturated rings. The van der Waals surface area contributed by atoms with Crippen molar-refractivity contribution < 1.29 is 38.2 Å². The zero-order chi connectivity index (χ0) is 34.3. The lowest BCUT2D eigenvalue weighted by Gasteiger charge is -2.31. The van der Waals surface area contributed by atoms with E-state index in [9.17, 15) is 19.5 Å². The lowest BCUT2D eigenvalue weighted by atomic mass is 10.1. The molecule has 260 valence electrons. The van der Waals surface area contributed by atoms with Crippen LogP contribution in [0.25, 0.3) is 0 Å². The highest BCUT2D eigenvalue weighted by atomic mass is 16.6. The summed E-state index contributed by atoms with van der Waals surface area (Å²) in [6, 6.07) is -0.626. The average molecular weight is 645 g/mol. The van der Waals surface area contributed by atoms with Crippen LogP contribution in [0.1, 0.15) is 97.3 Å². The molecular formula is C38H62NO7+. The number of carbonyl (C=O) groups excluding carboxylic acids is 2. The van der Waals surface area contributed by atoms with Crippen LogP contribution in [-0.4, -0.2) is 80.6 Å². The molecule has 0 aromatic carbocycles. The Balaban J connectivity index is 4.43. The van der Waals surface area contributed by atoms with E-state index >= 15 is 0 Å². The Morgan fingerprint density at radius 2 is 1.20 bits per heavy atom. The maximum atomic E-state index is 12.5. The number of carboxylic acid groups (broad SMARTS) is 1. The number of likely N-dealkylation sites (N-methyl/N-ethyl adjacent to an activating group) is 1. The molecule has 8 heteroatoms. The molecule has 2 atom stereocenters. The largest absolute Gasteiger partial charge is 0.477 e. The number of allylic oxidation sites excluding steroid dienone is 12. The Labute approximate surface area is 279 Å². The summed E-state index contributed by atoms with van der Waals surface area (Å²) in [5, 5.41) is 9.51. The predicted octanol–water partition coefficient (Wildman–Crippen LogP) is 8.07. The van der Waals surface area contributed by atoms with Crippen LogP contribution in [0.3, 0.4) is 0 Å². The highest BCUT2D eigenvalue weighted by Crippen LogP contribution is 2.10. The maximum absolute atomic E-state index is 12.5. The third kappa shape index (κ3) is 27.1. The Morgan fingerprint density at radius 1 is 0.674 bits per heavy atom. The Kier molecular flexibility index (Phi) is 27.1. The van der Waals surface area contributed by atoms with Crippen molar-refractivity contribution in [3.8, 4) is 0 Å². The fourth-order valence-electron chi connectivity index (χ4n) is 4.23. The molecule has 0 aromatic heterocycles. The van der Waals surface area contributed by atoms with Gasteiger partial charge in [-0.05, 0) is 51.4 Å². The van der Waals surface area contributed by atoms with E-state index in [4.69, 9.17) is 14.2 Å². The molecular weight excluding hydrogens is 582 g/mol. The Morgan fingerprint density at radius 3 is 1.67 bits per heavy atom. The molecule has 0 aromatic rings. The molecule has 0 rings (SSSR count). The summed E-state index contributed by atoms with van der Waals surface area (Å²) < 4.78 is 16.8. The van der Waals surface area contributed by atoms with Crippen LogP contribution < -0.4 is 0 Å². The SMILES string of the molecule is CC/C=C\C/C=C\C/C=C\C/C=C\C/C=C\C/C=C\CCC(=O)OC(COCCC(C(=O)O)[N+](C)(C)C)COC(=O)CCCCC. The Hall–Kier alpha value is -3.23. The number of unbranched alkanes of at least 4 members (excludes halogenated alkanes) is 2. The van der Waals surface area contributed by atoms with Crippen LogP contribution in [0, 0.1) is 0 Å². The first-order chi connectivity index (χ1) is 22.1. The topological polar surface area (TPSA) is 99.1 Å². The molecule has 2 unspecified atom stereocenters. The molecule has 0 bridgehead atoms. The van der Waals surface area contributed by atoms with Crippen molar-refractivity contribution in [2.75, 3.05) is 41.0 Å². The first-order valence-electron chi connectivity index (χ1n) is 17.0. The number of rotatable bonds is 28. The van der Waals surface area contributed by atoms with Gasteiger partial charge >= 0.3 is 17.9 Å². The van der Waals surface area contributed by atoms with Gasteiger partial charge in [0.1, 0.15) is 6.61 Å². The van der Waals surface area contributed by atoms with E-state index in [1.54, 1.807) is 0 Å². The minimum absolute atomic E-state index is 0.0252. The van der Waals surface area contributed by atoms with Crippen LogP contribution in [-0.2, 0) is 28.6 Å². The van der Waals surface area contributed by atoms with E-state index in [0.29, 0.717) is 19.3 Å². The minimum atomic E-state index is -0.894. The molecule has 0 aliphatic heterocycles. The normalized spacial score (nSPS) is 14.0. The van der Waals surface area contributed by atoms with Gasteiger partial charge in [-0.1, -0.05) is 99.6 Å². The number of hydrogen-bond acceptors (Lipinski definition) is 6. The summed E-state index contributed by atoms with van der Waals surface area (Å²) in [7, 11) is 5.46. The number of nitrogens with zero attached hydrogens (tertiary/aromatic N) is 1. The molecule has 8 nitrogen and oxygen atoms in total. The quantitative estimate of drug-likeness (QED) is 0.0398. The summed E-state index contributed by atoms with van der Waals surface area (Å²) in [6.07, 6.45) is 34.6. The van der Waals surface area contributed by atoms with Gasteiger partial charge in [0.25, 0.3) is 0 Å². The zero-order valence-electron chi connectivity index (χ0n) is 29.2. The van der Waals surface area contributed by atoms with Gasteiger partial charge in [-0.25, -0.2) is 4.79 Å². The fourth-order valence-corrected chi connectivity index (χ4v) is 4.23. The zero-order valence-corrected chi connectivity index (χ0v) is 29.2. The number of carboxylic acids is 1. The van der Waals surface area contributed by atoms with Gasteiger partial charge in [0.2, 0.25) is 0 Å². The minimum Gasteiger partial charge on any atom is -0.477 e. The standard InChI is InChI=1S/C38H61NO7/c1-6-8-10-11-12-13-14-15-16-17-18-19-20-21-22-23-24-25-27-29-37(41)46-34(33-45-36(40)28-26-9-7-2)32-44-31-30-35(38(42)43)39(3,4)5/h8,10,12-13,15-16,18-19,21-22,24-25,34-35H,6-7,9,11,14,17,20,23,26-33H2,1-5H3/p+1/b10-8-,13-12-,16-15-,19-18-,22-21-,25-24-. The summed E-state index contributed by atoms with van der Waals surface area (Å²) in [5.41, 5.74) is 0. The van der Waals surface area contributed by atoms with Crippen molar-refractivity contribution in [1.29, 1.82) is 0 Å². The second kappa shape index (κ2) is 29.2. The fraction of sp³-hybridized carbons (Fsp3) is 0.605. The first-order valence-corrected chi connectivity index (χ1v) is 17.0. The smallest absolute Gasteiger partial charge is 0.362 e. The van der Waals surface area contributed by atoms with Crippen molar-refractivity contribution in [2.45, 2.75) is 109 Å². The number of carbonyl (C=O) groups is 3. The van der Waals surface area contributed by atoms with Gasteiger partial charge in [0.15, 0.2) is 12.1 Å². The molecule has 0 radical (unpaired) electrons. The highest BCUT2D eigenvalue weighted by Gasteiger charge is 2.31. The van der Waals surface area contributed by atoms with Crippen molar-refractivity contribution in [2.24, 2.45) is 0 Å². The second-order valence-corrected chi connectivity index (χ2v) is 12.0. The molecule has 0 aliphatic rings. The molecule has 0 aliphatic carbocycles. The third-order valence-electron chi connectivity index (χ3n) is 6.88. The summed E-state index contributed by atoms with van der Waals surface area (Å²) in [6.45, 7) is 4.32. The number of quaternary nitrogens is 1. The van der Waals surface area contributed by atoms with Crippen LogP contribution >= 0.6 is 0 Å². The van der Waals surface area contributed by atoms with Gasteiger partial charge < -0.3 is 23.8 Å². The summed E-state index contributed by atoms with van der Waals surface area (Å²) in [4.78, 5) is 36.2. The van der Waals surface area contributed by atoms with Crippen LogP contribution in [0.4, 0.5) is 0 Å². The van der Waals surface area contributed by atoms with E-state index < -0.39 is 24.1 Å².